The van der Waals surface area contributed by atoms with Crippen molar-refractivity contribution in [3.8, 4) is 0 Å². The van der Waals surface area contributed by atoms with Crippen molar-refractivity contribution < 1.29 is 13.5 Å². The van der Waals surface area contributed by atoms with Crippen LogP contribution in [0.3, 0.4) is 0 Å². The zero-order valence-electron chi connectivity index (χ0n) is 7.54. The van der Waals surface area contributed by atoms with Gasteiger partial charge < -0.3 is 9.64 Å². The van der Waals surface area contributed by atoms with Crippen LogP contribution >= 0.6 is 0 Å². The third kappa shape index (κ3) is 1.68. The molecule has 0 unspecified atom stereocenters. The van der Waals surface area contributed by atoms with Crippen molar-refractivity contribution in [3.63, 3.8) is 0 Å². The monoisotopic (exact) mass is 200 g/mol. The van der Waals surface area contributed by atoms with Crippen LogP contribution in [-0.4, -0.2) is 31.3 Å². The highest BCUT2D eigenvalue weighted by atomic mass is 19.1. The number of halogens is 2. The smallest absolute Gasteiger partial charge is 0.167 e. The van der Waals surface area contributed by atoms with E-state index in [2.05, 4.69) is 4.98 Å². The molecule has 14 heavy (non-hydrogen) atoms. The molecule has 0 radical (unpaired) electrons. The highest BCUT2D eigenvalue weighted by Crippen LogP contribution is 2.22. The number of morpholine rings is 1. The lowest BCUT2D eigenvalue weighted by molar-refractivity contribution is 0.122. The molecule has 0 spiro atoms. The van der Waals surface area contributed by atoms with Gasteiger partial charge in [-0.15, -0.1) is 0 Å². The minimum Gasteiger partial charge on any atom is -0.378 e. The summed E-state index contributed by atoms with van der Waals surface area (Å²) in [5.74, 6) is -1.24. The highest BCUT2D eigenvalue weighted by Gasteiger charge is 2.18. The van der Waals surface area contributed by atoms with Gasteiger partial charge in [0.1, 0.15) is 5.69 Å². The number of aromatic nitrogens is 1. The molecular formula is C9H10F2N2O. The fourth-order valence-electron chi connectivity index (χ4n) is 1.49. The summed E-state index contributed by atoms with van der Waals surface area (Å²) in [6, 6.07) is 0. The highest BCUT2D eigenvalue weighted by molar-refractivity contribution is 5.47. The number of nitrogens with zero attached hydrogens (tertiary/aromatic N) is 2. The van der Waals surface area contributed by atoms with E-state index in [0.717, 1.165) is 12.4 Å². The van der Waals surface area contributed by atoms with E-state index in [1.807, 2.05) is 0 Å². The molecule has 0 aliphatic carbocycles. The molecule has 3 nitrogen and oxygen atoms in total. The lowest BCUT2D eigenvalue weighted by atomic mass is 10.3. The maximum absolute atomic E-state index is 13.2. The molecule has 2 heterocycles. The molecule has 0 saturated carbocycles. The van der Waals surface area contributed by atoms with Gasteiger partial charge in [-0.05, 0) is 0 Å². The predicted octanol–water partition coefficient (Wildman–Crippen LogP) is 1.20. The van der Waals surface area contributed by atoms with Crippen molar-refractivity contribution in [2.45, 2.75) is 0 Å². The van der Waals surface area contributed by atoms with Crippen LogP contribution in [0.1, 0.15) is 0 Å². The van der Waals surface area contributed by atoms with E-state index in [4.69, 9.17) is 4.74 Å². The molecular weight excluding hydrogens is 190 g/mol. The summed E-state index contributed by atoms with van der Waals surface area (Å²) in [6.45, 7) is 2.03. The van der Waals surface area contributed by atoms with Crippen molar-refractivity contribution in [2.24, 2.45) is 0 Å². The number of hydrogen-bond acceptors (Lipinski definition) is 3. The van der Waals surface area contributed by atoms with Gasteiger partial charge in [-0.3, -0.25) is 4.98 Å². The summed E-state index contributed by atoms with van der Waals surface area (Å²) in [6.07, 6.45) is 2.04. The molecule has 0 bridgehead atoms. The van der Waals surface area contributed by atoms with Gasteiger partial charge in [-0.1, -0.05) is 0 Å². The van der Waals surface area contributed by atoms with E-state index < -0.39 is 11.6 Å². The Morgan fingerprint density at radius 2 is 1.71 bits per heavy atom. The molecule has 76 valence electrons. The summed E-state index contributed by atoms with van der Waals surface area (Å²) in [5.41, 5.74) is 0.00306. The maximum atomic E-state index is 13.2. The first kappa shape index (κ1) is 9.33. The topological polar surface area (TPSA) is 25.4 Å². The van der Waals surface area contributed by atoms with Crippen LogP contribution in [0, 0.1) is 11.6 Å². The third-order valence-electron chi connectivity index (χ3n) is 2.16. The minimum absolute atomic E-state index is 0.00306. The molecule has 1 aliphatic heterocycles. The Kier molecular flexibility index (Phi) is 2.58. The second kappa shape index (κ2) is 3.88. The van der Waals surface area contributed by atoms with Gasteiger partial charge in [0, 0.05) is 13.1 Å². The Morgan fingerprint density at radius 1 is 1.14 bits per heavy atom. The van der Waals surface area contributed by atoms with Crippen LogP contribution in [0.5, 0.6) is 0 Å². The maximum Gasteiger partial charge on any atom is 0.167 e. The number of ether oxygens (including phenoxy) is 1. The first-order chi connectivity index (χ1) is 6.79. The lowest BCUT2D eigenvalue weighted by Gasteiger charge is -2.29. The summed E-state index contributed by atoms with van der Waals surface area (Å²) < 4.78 is 31.6. The van der Waals surface area contributed by atoms with Gasteiger partial charge in [0.25, 0.3) is 0 Å². The normalized spacial score (nSPS) is 17.1. The Labute approximate surface area is 80.3 Å². The van der Waals surface area contributed by atoms with Crippen molar-refractivity contribution in [3.05, 3.63) is 24.0 Å². The molecule has 0 atom stereocenters. The zero-order chi connectivity index (χ0) is 9.97. The number of hydrogen-bond donors (Lipinski definition) is 0. The van der Waals surface area contributed by atoms with Gasteiger partial charge >= 0.3 is 0 Å². The SMILES string of the molecule is Fc1cncc(F)c1N1CCOCC1. The zero-order valence-corrected chi connectivity index (χ0v) is 7.54. The summed E-state index contributed by atoms with van der Waals surface area (Å²) in [4.78, 5) is 5.07. The molecule has 0 N–H and O–H groups in total. The van der Waals surface area contributed by atoms with Crippen LogP contribution in [0.15, 0.2) is 12.4 Å². The molecule has 2 rings (SSSR count). The fraction of sp³-hybridized carbons (Fsp3) is 0.444. The Hall–Kier alpha value is -1.23. The van der Waals surface area contributed by atoms with E-state index in [1.165, 1.54) is 0 Å². The molecule has 1 aromatic rings. The van der Waals surface area contributed by atoms with Gasteiger partial charge in [0.2, 0.25) is 0 Å². The molecule has 0 amide bonds. The van der Waals surface area contributed by atoms with Crippen molar-refractivity contribution in [1.29, 1.82) is 0 Å². The minimum atomic E-state index is -0.619. The second-order valence-corrected chi connectivity index (χ2v) is 3.05. The Balaban J connectivity index is 2.29. The molecule has 0 aromatic carbocycles. The van der Waals surface area contributed by atoms with Crippen LogP contribution < -0.4 is 4.90 Å². The first-order valence-electron chi connectivity index (χ1n) is 4.41. The van der Waals surface area contributed by atoms with Crippen LogP contribution in [0.2, 0.25) is 0 Å². The quantitative estimate of drug-likeness (QED) is 0.681. The molecule has 1 aliphatic rings. The third-order valence-corrected chi connectivity index (χ3v) is 2.16. The summed E-state index contributed by atoms with van der Waals surface area (Å²) >= 11 is 0. The van der Waals surface area contributed by atoms with E-state index >= 15 is 0 Å². The van der Waals surface area contributed by atoms with E-state index in [0.29, 0.717) is 26.3 Å². The fourth-order valence-corrected chi connectivity index (χ4v) is 1.49. The summed E-state index contributed by atoms with van der Waals surface area (Å²) in [7, 11) is 0. The Morgan fingerprint density at radius 3 is 2.29 bits per heavy atom. The predicted molar refractivity (Wildman–Crippen MR) is 47.2 cm³/mol. The largest absolute Gasteiger partial charge is 0.378 e. The number of anilines is 1. The van der Waals surface area contributed by atoms with E-state index in [-0.39, 0.29) is 5.69 Å². The standard InChI is InChI=1S/C9H10F2N2O/c10-7-5-12-6-8(11)9(7)13-1-3-14-4-2-13/h5-6H,1-4H2. The lowest BCUT2D eigenvalue weighted by Crippen LogP contribution is -2.37. The molecule has 1 aromatic heterocycles. The van der Waals surface area contributed by atoms with Crippen LogP contribution in [-0.2, 0) is 4.74 Å². The first-order valence-corrected chi connectivity index (χ1v) is 4.41. The molecule has 1 fully saturated rings. The number of pyridine rings is 1. The summed E-state index contributed by atoms with van der Waals surface area (Å²) in [5, 5.41) is 0. The van der Waals surface area contributed by atoms with Crippen molar-refractivity contribution >= 4 is 5.69 Å². The Bertz CT molecular complexity index is 306. The van der Waals surface area contributed by atoms with Crippen molar-refractivity contribution in [1.82, 2.24) is 4.98 Å². The number of rotatable bonds is 1. The van der Waals surface area contributed by atoms with Gasteiger partial charge in [0.05, 0.1) is 25.6 Å². The van der Waals surface area contributed by atoms with Gasteiger partial charge in [0.15, 0.2) is 11.6 Å². The van der Waals surface area contributed by atoms with E-state index in [9.17, 15) is 8.78 Å². The average Bonchev–Trinajstić information content (AvgIpc) is 2.19. The molecule has 1 saturated heterocycles. The van der Waals surface area contributed by atoms with Crippen molar-refractivity contribution in [2.75, 3.05) is 31.2 Å². The van der Waals surface area contributed by atoms with Gasteiger partial charge in [-0.25, -0.2) is 8.78 Å². The van der Waals surface area contributed by atoms with Crippen LogP contribution in [0.25, 0.3) is 0 Å². The molecule has 5 heteroatoms. The van der Waals surface area contributed by atoms with E-state index in [1.54, 1.807) is 4.90 Å². The van der Waals surface area contributed by atoms with Crippen LogP contribution in [0.4, 0.5) is 14.5 Å². The average molecular weight is 200 g/mol. The van der Waals surface area contributed by atoms with Gasteiger partial charge in [-0.2, -0.15) is 0 Å². The second-order valence-electron chi connectivity index (χ2n) is 3.05.